The second kappa shape index (κ2) is 7.01. The third-order valence-electron chi connectivity index (χ3n) is 5.99. The van der Waals surface area contributed by atoms with Gasteiger partial charge in [0.25, 0.3) is 0 Å². The van der Waals surface area contributed by atoms with E-state index in [0.717, 1.165) is 24.6 Å². The van der Waals surface area contributed by atoms with Gasteiger partial charge in [-0.25, -0.2) is 4.79 Å². The van der Waals surface area contributed by atoms with Crippen molar-refractivity contribution in [1.29, 1.82) is 0 Å². The largest absolute Gasteiger partial charge is 0.478 e. The van der Waals surface area contributed by atoms with Crippen LogP contribution in [-0.2, 0) is 6.54 Å². The molecule has 0 amide bonds. The minimum atomic E-state index is -0.846. The van der Waals surface area contributed by atoms with E-state index in [-0.39, 0.29) is 0 Å². The molecule has 0 radical (unpaired) electrons. The number of rotatable bonds is 4. The van der Waals surface area contributed by atoms with Crippen LogP contribution in [0.4, 0.5) is 0 Å². The standard InChI is InChI=1S/C22H25NO2/c24-22(25)18-10-6-7-16(13-18)14-23-15-20(17-8-2-1-3-9-17)19-11-4-5-12-21(19)23/h1-3,6-10,13,19-21H,4-5,11-12,14-15H2,(H,24,25). The number of carboxylic acid groups (broad SMARTS) is 1. The number of benzene rings is 2. The van der Waals surface area contributed by atoms with Crippen molar-refractivity contribution >= 4 is 5.97 Å². The fourth-order valence-electron chi connectivity index (χ4n) is 4.86. The fraction of sp³-hybridized carbons (Fsp3) is 0.409. The molecule has 1 saturated carbocycles. The molecule has 0 aromatic heterocycles. The summed E-state index contributed by atoms with van der Waals surface area (Å²) in [7, 11) is 0. The number of carboxylic acids is 1. The normalized spacial score (nSPS) is 26.3. The molecule has 0 bridgehead atoms. The van der Waals surface area contributed by atoms with E-state index < -0.39 is 5.97 Å². The maximum Gasteiger partial charge on any atom is 0.335 e. The third-order valence-corrected chi connectivity index (χ3v) is 5.99. The predicted molar refractivity (Wildman–Crippen MR) is 98.7 cm³/mol. The van der Waals surface area contributed by atoms with E-state index in [4.69, 9.17) is 0 Å². The lowest BCUT2D eigenvalue weighted by Crippen LogP contribution is -2.34. The van der Waals surface area contributed by atoms with Crippen molar-refractivity contribution in [1.82, 2.24) is 4.90 Å². The molecule has 3 unspecified atom stereocenters. The maximum atomic E-state index is 11.2. The average molecular weight is 335 g/mol. The molecule has 1 N–H and O–H groups in total. The second-order valence-corrected chi connectivity index (χ2v) is 7.47. The first-order chi connectivity index (χ1) is 12.2. The summed E-state index contributed by atoms with van der Waals surface area (Å²) >= 11 is 0. The van der Waals surface area contributed by atoms with Gasteiger partial charge in [0.05, 0.1) is 5.56 Å². The summed E-state index contributed by atoms with van der Waals surface area (Å²) < 4.78 is 0. The van der Waals surface area contributed by atoms with Crippen LogP contribution in [0.2, 0.25) is 0 Å². The summed E-state index contributed by atoms with van der Waals surface area (Å²) in [5.41, 5.74) is 2.95. The molecule has 2 fully saturated rings. The van der Waals surface area contributed by atoms with Gasteiger partial charge in [-0.3, -0.25) is 4.90 Å². The van der Waals surface area contributed by atoms with Gasteiger partial charge in [0, 0.05) is 25.0 Å². The van der Waals surface area contributed by atoms with E-state index in [1.54, 1.807) is 6.07 Å². The first-order valence-electron chi connectivity index (χ1n) is 9.33. The topological polar surface area (TPSA) is 40.5 Å². The van der Waals surface area contributed by atoms with Crippen molar-refractivity contribution < 1.29 is 9.90 Å². The van der Waals surface area contributed by atoms with E-state index in [1.165, 1.54) is 31.2 Å². The van der Waals surface area contributed by atoms with E-state index in [0.29, 0.717) is 17.5 Å². The van der Waals surface area contributed by atoms with Crippen LogP contribution in [0.1, 0.15) is 53.1 Å². The van der Waals surface area contributed by atoms with Crippen LogP contribution >= 0.6 is 0 Å². The molecule has 1 saturated heterocycles. The zero-order chi connectivity index (χ0) is 17.2. The smallest absolute Gasteiger partial charge is 0.335 e. The molecule has 1 aliphatic carbocycles. The molecular formula is C22H25NO2. The molecule has 2 aromatic rings. The molecule has 0 spiro atoms. The minimum absolute atomic E-state index is 0.386. The van der Waals surface area contributed by atoms with Crippen LogP contribution in [0.5, 0.6) is 0 Å². The van der Waals surface area contributed by atoms with Crippen molar-refractivity contribution in [2.75, 3.05) is 6.54 Å². The SMILES string of the molecule is O=C(O)c1cccc(CN2CC(c3ccccc3)C3CCCCC32)c1. The Kier molecular flexibility index (Phi) is 4.58. The number of nitrogens with zero attached hydrogens (tertiary/aromatic N) is 1. The summed E-state index contributed by atoms with van der Waals surface area (Å²) in [6, 6.07) is 19.0. The van der Waals surface area contributed by atoms with E-state index >= 15 is 0 Å². The molecule has 130 valence electrons. The van der Waals surface area contributed by atoms with E-state index in [2.05, 4.69) is 41.3 Å². The number of hydrogen-bond acceptors (Lipinski definition) is 2. The van der Waals surface area contributed by atoms with Crippen molar-refractivity contribution in [2.45, 2.75) is 44.2 Å². The number of carbonyl (C=O) groups is 1. The van der Waals surface area contributed by atoms with E-state index in [9.17, 15) is 9.90 Å². The van der Waals surface area contributed by atoms with Gasteiger partial charge in [0.2, 0.25) is 0 Å². The first-order valence-corrected chi connectivity index (χ1v) is 9.33. The quantitative estimate of drug-likeness (QED) is 0.891. The Hall–Kier alpha value is -2.13. The highest BCUT2D eigenvalue weighted by Crippen LogP contribution is 2.45. The average Bonchev–Trinajstić information content (AvgIpc) is 3.01. The van der Waals surface area contributed by atoms with E-state index in [1.807, 2.05) is 12.1 Å². The van der Waals surface area contributed by atoms with Crippen LogP contribution < -0.4 is 0 Å². The minimum Gasteiger partial charge on any atom is -0.478 e. The molecule has 3 atom stereocenters. The highest BCUT2D eigenvalue weighted by atomic mass is 16.4. The van der Waals surface area contributed by atoms with Crippen LogP contribution in [0, 0.1) is 5.92 Å². The monoisotopic (exact) mass is 335 g/mol. The van der Waals surface area contributed by atoms with Gasteiger partial charge >= 0.3 is 5.97 Å². The van der Waals surface area contributed by atoms with Crippen molar-refractivity contribution in [2.24, 2.45) is 5.92 Å². The molecule has 2 aliphatic rings. The molecule has 25 heavy (non-hydrogen) atoms. The summed E-state index contributed by atoms with van der Waals surface area (Å²) in [5.74, 6) is 0.494. The molecule has 1 aliphatic heterocycles. The number of fused-ring (bicyclic) bond motifs is 1. The summed E-state index contributed by atoms with van der Waals surface area (Å²) in [5, 5.41) is 9.23. The molecule has 2 aromatic carbocycles. The van der Waals surface area contributed by atoms with Gasteiger partial charge in [0.15, 0.2) is 0 Å². The molecule has 3 nitrogen and oxygen atoms in total. The maximum absolute atomic E-state index is 11.2. The molecule has 1 heterocycles. The van der Waals surface area contributed by atoms with Gasteiger partial charge in [-0.05, 0) is 42.0 Å². The van der Waals surface area contributed by atoms with Crippen molar-refractivity contribution in [3.05, 3.63) is 71.3 Å². The van der Waals surface area contributed by atoms with Crippen molar-refractivity contribution in [3.63, 3.8) is 0 Å². The van der Waals surface area contributed by atoms with Crippen LogP contribution in [0.15, 0.2) is 54.6 Å². The van der Waals surface area contributed by atoms with Crippen LogP contribution in [0.3, 0.4) is 0 Å². The summed E-state index contributed by atoms with van der Waals surface area (Å²) in [6.07, 6.45) is 5.24. The molecule has 4 rings (SSSR count). The Bertz CT molecular complexity index is 743. The van der Waals surface area contributed by atoms with Crippen LogP contribution in [-0.4, -0.2) is 28.6 Å². The Morgan fingerprint density at radius 3 is 2.64 bits per heavy atom. The zero-order valence-corrected chi connectivity index (χ0v) is 14.5. The predicted octanol–water partition coefficient (Wildman–Crippen LogP) is 4.54. The van der Waals surface area contributed by atoms with Crippen molar-refractivity contribution in [3.8, 4) is 0 Å². The molecular weight excluding hydrogens is 310 g/mol. The fourth-order valence-corrected chi connectivity index (χ4v) is 4.86. The second-order valence-electron chi connectivity index (χ2n) is 7.47. The number of aromatic carboxylic acids is 1. The first kappa shape index (κ1) is 16.3. The third kappa shape index (κ3) is 3.34. The Morgan fingerprint density at radius 2 is 1.84 bits per heavy atom. The number of hydrogen-bond donors (Lipinski definition) is 1. The highest BCUT2D eigenvalue weighted by molar-refractivity contribution is 5.87. The Balaban J connectivity index is 1.57. The van der Waals surface area contributed by atoms with Gasteiger partial charge in [0.1, 0.15) is 0 Å². The lowest BCUT2D eigenvalue weighted by molar-refractivity contribution is 0.0696. The Morgan fingerprint density at radius 1 is 1.04 bits per heavy atom. The van der Waals surface area contributed by atoms with Gasteiger partial charge < -0.3 is 5.11 Å². The highest BCUT2D eigenvalue weighted by Gasteiger charge is 2.42. The lowest BCUT2D eigenvalue weighted by atomic mass is 9.77. The summed E-state index contributed by atoms with van der Waals surface area (Å²) in [4.78, 5) is 13.8. The van der Waals surface area contributed by atoms with Gasteiger partial charge in [-0.15, -0.1) is 0 Å². The molecule has 3 heteroatoms. The number of likely N-dealkylation sites (tertiary alicyclic amines) is 1. The zero-order valence-electron chi connectivity index (χ0n) is 14.5. The van der Waals surface area contributed by atoms with Gasteiger partial charge in [-0.1, -0.05) is 55.3 Å². The Labute approximate surface area is 149 Å². The summed E-state index contributed by atoms with van der Waals surface area (Å²) in [6.45, 7) is 1.93. The lowest BCUT2D eigenvalue weighted by Gasteiger charge is -2.32. The van der Waals surface area contributed by atoms with Crippen LogP contribution in [0.25, 0.3) is 0 Å². The van der Waals surface area contributed by atoms with Gasteiger partial charge in [-0.2, -0.15) is 0 Å².